The summed E-state index contributed by atoms with van der Waals surface area (Å²) < 4.78 is 25.3. The first-order valence-electron chi connectivity index (χ1n) is 5.81. The summed E-state index contributed by atoms with van der Waals surface area (Å²) in [5.41, 5.74) is 6.02. The third-order valence-corrected chi connectivity index (χ3v) is 4.80. The van der Waals surface area contributed by atoms with Crippen molar-refractivity contribution in [2.75, 3.05) is 12.3 Å². The van der Waals surface area contributed by atoms with E-state index in [-0.39, 0.29) is 22.7 Å². The van der Waals surface area contributed by atoms with Crippen LogP contribution >= 0.6 is 0 Å². The Morgan fingerprint density at radius 2 is 2.00 bits per heavy atom. The van der Waals surface area contributed by atoms with E-state index in [0.717, 1.165) is 4.31 Å². The summed E-state index contributed by atoms with van der Waals surface area (Å²) in [7, 11) is -3.71. The molecule has 2 rings (SSSR count). The minimum Gasteiger partial charge on any atom is -0.398 e. The molecule has 98 valence electrons. The lowest BCUT2D eigenvalue weighted by molar-refractivity contribution is 0.0868. The molecule has 0 fully saturated rings. The number of fused-ring (bicyclic) bond motifs is 1. The quantitative estimate of drug-likeness (QED) is 0.841. The SMILES string of the molecule is CC(C)CCN1C(=O)c2c(N)cccc2S1(=O)=O. The Labute approximate surface area is 107 Å². The van der Waals surface area contributed by atoms with Gasteiger partial charge in [-0.3, -0.25) is 4.79 Å². The topological polar surface area (TPSA) is 80.5 Å². The van der Waals surface area contributed by atoms with Crippen molar-refractivity contribution in [2.45, 2.75) is 25.2 Å². The fourth-order valence-electron chi connectivity index (χ4n) is 1.94. The molecule has 0 saturated heterocycles. The maximum absolute atomic E-state index is 12.2. The van der Waals surface area contributed by atoms with Gasteiger partial charge in [-0.15, -0.1) is 0 Å². The highest BCUT2D eigenvalue weighted by molar-refractivity contribution is 7.90. The van der Waals surface area contributed by atoms with Crippen molar-refractivity contribution in [1.82, 2.24) is 4.31 Å². The third-order valence-electron chi connectivity index (χ3n) is 2.98. The molecular formula is C12H16N2O3S. The molecule has 2 N–H and O–H groups in total. The van der Waals surface area contributed by atoms with Crippen LogP contribution in [0.15, 0.2) is 23.1 Å². The van der Waals surface area contributed by atoms with Crippen molar-refractivity contribution in [3.05, 3.63) is 23.8 Å². The molecule has 0 spiro atoms. The Bertz CT molecular complexity index is 593. The number of amides is 1. The standard InChI is InChI=1S/C12H16N2O3S/c1-8(2)6-7-14-12(15)11-9(13)4-3-5-10(11)18(14,16)17/h3-5,8H,6-7,13H2,1-2H3. The molecule has 1 aromatic rings. The van der Waals surface area contributed by atoms with E-state index in [9.17, 15) is 13.2 Å². The van der Waals surface area contributed by atoms with Gasteiger partial charge in [-0.05, 0) is 24.5 Å². The second-order valence-corrected chi connectivity index (χ2v) is 6.62. The maximum atomic E-state index is 12.2. The smallest absolute Gasteiger partial charge is 0.271 e. The van der Waals surface area contributed by atoms with E-state index in [2.05, 4.69) is 0 Å². The Balaban J connectivity index is 2.45. The lowest BCUT2D eigenvalue weighted by atomic mass is 10.1. The van der Waals surface area contributed by atoms with Crippen LogP contribution in [0.4, 0.5) is 5.69 Å². The van der Waals surface area contributed by atoms with Crippen molar-refractivity contribution in [2.24, 2.45) is 5.92 Å². The van der Waals surface area contributed by atoms with Gasteiger partial charge in [0.25, 0.3) is 15.9 Å². The Kier molecular flexibility index (Phi) is 3.06. The molecule has 5 nitrogen and oxygen atoms in total. The predicted molar refractivity (Wildman–Crippen MR) is 68.5 cm³/mol. The van der Waals surface area contributed by atoms with Crippen molar-refractivity contribution >= 4 is 21.6 Å². The summed E-state index contributed by atoms with van der Waals surface area (Å²) in [4.78, 5) is 12.1. The number of nitrogen functional groups attached to an aromatic ring is 1. The molecule has 0 bridgehead atoms. The number of hydrogen-bond acceptors (Lipinski definition) is 4. The summed E-state index contributed by atoms with van der Waals surface area (Å²) in [5, 5.41) is 0. The molecule has 1 aromatic carbocycles. The summed E-state index contributed by atoms with van der Waals surface area (Å²) >= 11 is 0. The van der Waals surface area contributed by atoms with E-state index >= 15 is 0 Å². The van der Waals surface area contributed by atoms with Gasteiger partial charge in [-0.25, -0.2) is 12.7 Å². The number of sulfonamides is 1. The zero-order valence-corrected chi connectivity index (χ0v) is 11.2. The molecule has 0 atom stereocenters. The zero-order valence-electron chi connectivity index (χ0n) is 10.4. The molecule has 1 heterocycles. The van der Waals surface area contributed by atoms with E-state index in [1.54, 1.807) is 6.07 Å². The van der Waals surface area contributed by atoms with E-state index in [4.69, 9.17) is 5.73 Å². The van der Waals surface area contributed by atoms with Crippen LogP contribution in [0, 0.1) is 5.92 Å². The lowest BCUT2D eigenvalue weighted by Crippen LogP contribution is -2.31. The third kappa shape index (κ3) is 1.86. The highest BCUT2D eigenvalue weighted by Crippen LogP contribution is 2.33. The summed E-state index contributed by atoms with van der Waals surface area (Å²) in [6, 6.07) is 4.51. The van der Waals surface area contributed by atoms with E-state index in [1.807, 2.05) is 13.8 Å². The number of carbonyl (C=O) groups excluding carboxylic acids is 1. The van der Waals surface area contributed by atoms with Gasteiger partial charge in [0.1, 0.15) is 4.90 Å². The van der Waals surface area contributed by atoms with Gasteiger partial charge < -0.3 is 5.73 Å². The lowest BCUT2D eigenvalue weighted by Gasteiger charge is -2.16. The van der Waals surface area contributed by atoms with Crippen molar-refractivity contribution in [1.29, 1.82) is 0 Å². The molecule has 0 aromatic heterocycles. The van der Waals surface area contributed by atoms with Gasteiger partial charge in [0, 0.05) is 12.2 Å². The number of nitrogens with zero attached hydrogens (tertiary/aromatic N) is 1. The van der Waals surface area contributed by atoms with Gasteiger partial charge in [-0.1, -0.05) is 19.9 Å². The molecule has 6 heteroatoms. The van der Waals surface area contributed by atoms with Crippen LogP contribution in [0.25, 0.3) is 0 Å². The van der Waals surface area contributed by atoms with Crippen LogP contribution < -0.4 is 5.73 Å². The second-order valence-electron chi connectivity index (χ2n) is 4.79. The normalized spacial score (nSPS) is 17.3. The summed E-state index contributed by atoms with van der Waals surface area (Å²) in [6.45, 7) is 4.16. The van der Waals surface area contributed by atoms with Crippen LogP contribution in [-0.2, 0) is 10.0 Å². The van der Waals surface area contributed by atoms with Crippen LogP contribution in [0.5, 0.6) is 0 Å². The Hall–Kier alpha value is -1.56. The number of hydrogen-bond donors (Lipinski definition) is 1. The maximum Gasteiger partial charge on any atom is 0.271 e. The average Bonchev–Trinajstić information content (AvgIpc) is 2.46. The van der Waals surface area contributed by atoms with Crippen molar-refractivity contribution < 1.29 is 13.2 Å². The minimum absolute atomic E-state index is 0.0243. The van der Waals surface area contributed by atoms with Crippen LogP contribution in [-0.4, -0.2) is 25.2 Å². The number of rotatable bonds is 3. The summed E-state index contributed by atoms with van der Waals surface area (Å²) in [6.07, 6.45) is 0.638. The summed E-state index contributed by atoms with van der Waals surface area (Å²) in [5.74, 6) is -0.183. The number of nitrogens with two attached hydrogens (primary N) is 1. The molecule has 0 saturated carbocycles. The molecule has 18 heavy (non-hydrogen) atoms. The first-order chi connectivity index (χ1) is 8.35. The molecule has 0 unspecified atom stereocenters. The first kappa shape index (κ1) is 12.9. The van der Waals surface area contributed by atoms with Gasteiger partial charge in [0.15, 0.2) is 0 Å². The molecule has 0 aliphatic carbocycles. The molecule has 1 amide bonds. The predicted octanol–water partition coefficient (Wildman–Crippen LogP) is 1.46. The molecule has 1 aliphatic heterocycles. The fourth-order valence-corrected chi connectivity index (χ4v) is 3.55. The number of benzene rings is 1. The van der Waals surface area contributed by atoms with Crippen molar-refractivity contribution in [3.63, 3.8) is 0 Å². The number of anilines is 1. The molecule has 1 aliphatic rings. The van der Waals surface area contributed by atoms with Crippen LogP contribution in [0.1, 0.15) is 30.6 Å². The van der Waals surface area contributed by atoms with Gasteiger partial charge in [-0.2, -0.15) is 0 Å². The highest BCUT2D eigenvalue weighted by Gasteiger charge is 2.41. The van der Waals surface area contributed by atoms with E-state index in [0.29, 0.717) is 12.3 Å². The van der Waals surface area contributed by atoms with Crippen LogP contribution in [0.3, 0.4) is 0 Å². The van der Waals surface area contributed by atoms with E-state index in [1.165, 1.54) is 12.1 Å². The molecular weight excluding hydrogens is 252 g/mol. The largest absolute Gasteiger partial charge is 0.398 e. The zero-order chi connectivity index (χ0) is 13.5. The van der Waals surface area contributed by atoms with E-state index < -0.39 is 15.9 Å². The number of carbonyl (C=O) groups is 1. The second kappa shape index (κ2) is 4.28. The average molecular weight is 268 g/mol. The monoisotopic (exact) mass is 268 g/mol. The Morgan fingerprint density at radius 1 is 1.33 bits per heavy atom. The van der Waals surface area contributed by atoms with Crippen molar-refractivity contribution in [3.8, 4) is 0 Å². The van der Waals surface area contributed by atoms with Gasteiger partial charge in [0.2, 0.25) is 0 Å². The first-order valence-corrected chi connectivity index (χ1v) is 7.25. The fraction of sp³-hybridized carbons (Fsp3) is 0.417. The van der Waals surface area contributed by atoms with Gasteiger partial charge in [0.05, 0.1) is 5.56 Å². The minimum atomic E-state index is -3.71. The highest BCUT2D eigenvalue weighted by atomic mass is 32.2. The van der Waals surface area contributed by atoms with Crippen LogP contribution in [0.2, 0.25) is 0 Å². The molecule has 0 radical (unpaired) electrons. The Morgan fingerprint density at radius 3 is 2.56 bits per heavy atom. The van der Waals surface area contributed by atoms with Gasteiger partial charge >= 0.3 is 0 Å².